The van der Waals surface area contributed by atoms with Gasteiger partial charge < -0.3 is 29.7 Å². The molecular formula is C24H31F3N6O4. The summed E-state index contributed by atoms with van der Waals surface area (Å²) in [5.74, 6) is 0.0764. The number of halogens is 3. The van der Waals surface area contributed by atoms with Crippen LogP contribution in [0.1, 0.15) is 39.2 Å². The van der Waals surface area contributed by atoms with Crippen LogP contribution in [0.2, 0.25) is 0 Å². The third kappa shape index (κ3) is 6.90. The summed E-state index contributed by atoms with van der Waals surface area (Å²) < 4.78 is 58.5. The number of nitrogens with two attached hydrogens (primary N) is 1. The van der Waals surface area contributed by atoms with Crippen LogP contribution in [0.25, 0.3) is 11.3 Å². The number of hydrogen-bond donors (Lipinski definition) is 1. The summed E-state index contributed by atoms with van der Waals surface area (Å²) in [5.41, 5.74) is 3.73. The summed E-state index contributed by atoms with van der Waals surface area (Å²) in [6.45, 7) is 7.99. The molecule has 4 heterocycles. The zero-order chi connectivity index (χ0) is 26.8. The molecule has 2 aromatic heterocycles. The fourth-order valence-corrected chi connectivity index (χ4v) is 4.12. The third-order valence-electron chi connectivity index (χ3n) is 5.81. The molecule has 202 valence electrons. The standard InChI is InChI=1S/C24H31F3N6O4/c1-23(2,3)37-22(34)33-6-4-5-15(14-33)36-20-12-18(30-21(31-20)32-7-9-35-10-8-32)16-13-29-19(28)11-17(16)24(25,26)27/h11-13,15H,4-10,14H2,1-3H3,(H2,28,29)/t15-/m1/s1. The topological polar surface area (TPSA) is 116 Å². The molecule has 37 heavy (non-hydrogen) atoms. The van der Waals surface area contributed by atoms with Crippen molar-refractivity contribution in [1.82, 2.24) is 19.9 Å². The van der Waals surface area contributed by atoms with Crippen molar-refractivity contribution in [1.29, 1.82) is 0 Å². The van der Waals surface area contributed by atoms with Crippen molar-refractivity contribution in [2.45, 2.75) is 51.5 Å². The largest absolute Gasteiger partial charge is 0.472 e. The second kappa shape index (κ2) is 10.6. The quantitative estimate of drug-likeness (QED) is 0.638. The Morgan fingerprint density at radius 2 is 1.86 bits per heavy atom. The summed E-state index contributed by atoms with van der Waals surface area (Å²) in [7, 11) is 0. The summed E-state index contributed by atoms with van der Waals surface area (Å²) in [6.07, 6.45) is -3.16. The molecule has 2 saturated heterocycles. The number of nitrogen functional groups attached to an aromatic ring is 1. The Bertz CT molecular complexity index is 1120. The molecule has 2 aromatic rings. The van der Waals surface area contributed by atoms with Gasteiger partial charge in [-0.2, -0.15) is 18.2 Å². The lowest BCUT2D eigenvalue weighted by Crippen LogP contribution is -2.46. The highest BCUT2D eigenvalue weighted by atomic mass is 19.4. The molecule has 0 saturated carbocycles. The van der Waals surface area contributed by atoms with Gasteiger partial charge in [0.05, 0.1) is 31.0 Å². The molecule has 1 amide bonds. The lowest BCUT2D eigenvalue weighted by Gasteiger charge is -2.34. The van der Waals surface area contributed by atoms with Gasteiger partial charge in [0, 0.05) is 37.5 Å². The lowest BCUT2D eigenvalue weighted by molar-refractivity contribution is -0.137. The SMILES string of the molecule is CC(C)(C)OC(=O)N1CCC[C@@H](Oc2cc(-c3cnc(N)cc3C(F)(F)F)nc(N3CCOCC3)n2)C1. The van der Waals surface area contributed by atoms with E-state index in [1.54, 1.807) is 25.7 Å². The smallest absolute Gasteiger partial charge is 0.417 e. The van der Waals surface area contributed by atoms with Gasteiger partial charge in [-0.15, -0.1) is 0 Å². The van der Waals surface area contributed by atoms with Gasteiger partial charge in [0.2, 0.25) is 11.8 Å². The molecule has 2 aliphatic heterocycles. The van der Waals surface area contributed by atoms with Crippen LogP contribution in [0.15, 0.2) is 18.3 Å². The first-order valence-corrected chi connectivity index (χ1v) is 12.1. The predicted molar refractivity (Wildman–Crippen MR) is 129 cm³/mol. The maximum absolute atomic E-state index is 13.8. The molecule has 0 radical (unpaired) electrons. The number of carbonyl (C=O) groups excluding carboxylic acids is 1. The lowest BCUT2D eigenvalue weighted by atomic mass is 10.1. The van der Waals surface area contributed by atoms with Gasteiger partial charge in [0.25, 0.3) is 0 Å². The third-order valence-corrected chi connectivity index (χ3v) is 5.81. The van der Waals surface area contributed by atoms with Crippen molar-refractivity contribution in [3.63, 3.8) is 0 Å². The molecule has 0 aliphatic carbocycles. The number of nitrogens with zero attached hydrogens (tertiary/aromatic N) is 5. The molecule has 0 unspecified atom stereocenters. The Hall–Kier alpha value is -3.35. The van der Waals surface area contributed by atoms with Crippen LogP contribution in [-0.4, -0.2) is 77.0 Å². The van der Waals surface area contributed by atoms with E-state index in [0.717, 1.165) is 12.3 Å². The van der Waals surface area contributed by atoms with E-state index in [9.17, 15) is 18.0 Å². The minimum absolute atomic E-state index is 0.00567. The number of ether oxygens (including phenoxy) is 3. The van der Waals surface area contributed by atoms with Crippen molar-refractivity contribution in [3.8, 4) is 17.1 Å². The number of rotatable bonds is 4. The highest BCUT2D eigenvalue weighted by Crippen LogP contribution is 2.38. The van der Waals surface area contributed by atoms with Crippen LogP contribution >= 0.6 is 0 Å². The van der Waals surface area contributed by atoms with E-state index in [4.69, 9.17) is 19.9 Å². The Morgan fingerprint density at radius 3 is 2.54 bits per heavy atom. The van der Waals surface area contributed by atoms with Gasteiger partial charge in [-0.1, -0.05) is 0 Å². The van der Waals surface area contributed by atoms with Crippen LogP contribution in [0.3, 0.4) is 0 Å². The Kier molecular flexibility index (Phi) is 7.62. The molecule has 2 fully saturated rings. The molecule has 0 aromatic carbocycles. The molecule has 10 nitrogen and oxygen atoms in total. The van der Waals surface area contributed by atoms with E-state index >= 15 is 0 Å². The molecule has 13 heteroatoms. The number of morpholine rings is 1. The van der Waals surface area contributed by atoms with Crippen LogP contribution in [0.4, 0.5) is 29.7 Å². The highest BCUT2D eigenvalue weighted by molar-refractivity contribution is 5.68. The number of alkyl halides is 3. The molecule has 1 atom stereocenters. The van der Waals surface area contributed by atoms with Crippen molar-refractivity contribution < 1.29 is 32.2 Å². The molecule has 2 N–H and O–H groups in total. The number of pyridine rings is 1. The second-order valence-electron chi connectivity index (χ2n) is 9.95. The van der Waals surface area contributed by atoms with Gasteiger partial charge in [-0.25, -0.2) is 14.8 Å². The molecule has 0 spiro atoms. The first-order chi connectivity index (χ1) is 17.4. The zero-order valence-corrected chi connectivity index (χ0v) is 21.0. The first kappa shape index (κ1) is 26.7. The second-order valence-corrected chi connectivity index (χ2v) is 9.95. The van der Waals surface area contributed by atoms with E-state index in [1.165, 1.54) is 6.07 Å². The molecule has 2 aliphatic rings. The van der Waals surface area contributed by atoms with Crippen LogP contribution in [0, 0.1) is 0 Å². The van der Waals surface area contributed by atoms with Crippen molar-refractivity contribution in [3.05, 3.63) is 23.9 Å². The minimum atomic E-state index is -4.67. The van der Waals surface area contributed by atoms with Crippen molar-refractivity contribution in [2.75, 3.05) is 50.0 Å². The maximum Gasteiger partial charge on any atom is 0.417 e. The summed E-state index contributed by atoms with van der Waals surface area (Å²) >= 11 is 0. The summed E-state index contributed by atoms with van der Waals surface area (Å²) in [4.78, 5) is 28.7. The molecular weight excluding hydrogens is 493 g/mol. The van der Waals surface area contributed by atoms with Crippen molar-refractivity contribution >= 4 is 17.9 Å². The van der Waals surface area contributed by atoms with Gasteiger partial charge in [0.15, 0.2) is 0 Å². The van der Waals surface area contributed by atoms with Crippen LogP contribution in [0.5, 0.6) is 5.88 Å². The van der Waals surface area contributed by atoms with Gasteiger partial charge in [-0.3, -0.25) is 0 Å². The minimum Gasteiger partial charge on any atom is -0.472 e. The molecule has 4 rings (SSSR count). The fourth-order valence-electron chi connectivity index (χ4n) is 4.12. The van der Waals surface area contributed by atoms with E-state index < -0.39 is 29.5 Å². The Labute approximate surface area is 212 Å². The predicted octanol–water partition coefficient (Wildman–Crippen LogP) is 3.75. The number of carbonyl (C=O) groups is 1. The zero-order valence-electron chi connectivity index (χ0n) is 21.0. The average molecular weight is 525 g/mol. The number of likely N-dealkylation sites (tertiary alicyclic amines) is 1. The van der Waals surface area contributed by atoms with Crippen LogP contribution in [-0.2, 0) is 15.7 Å². The number of amides is 1. The van der Waals surface area contributed by atoms with E-state index in [2.05, 4.69) is 15.0 Å². The van der Waals surface area contributed by atoms with Crippen LogP contribution < -0.4 is 15.4 Å². The number of hydrogen-bond acceptors (Lipinski definition) is 9. The normalized spacial score (nSPS) is 19.0. The maximum atomic E-state index is 13.8. The summed E-state index contributed by atoms with van der Waals surface area (Å²) in [6, 6.07) is 2.14. The monoisotopic (exact) mass is 524 g/mol. The molecule has 0 bridgehead atoms. The number of piperidine rings is 1. The van der Waals surface area contributed by atoms with Gasteiger partial charge in [0.1, 0.15) is 17.5 Å². The number of aromatic nitrogens is 3. The highest BCUT2D eigenvalue weighted by Gasteiger charge is 2.35. The number of anilines is 2. The first-order valence-electron chi connectivity index (χ1n) is 12.1. The van der Waals surface area contributed by atoms with Gasteiger partial charge >= 0.3 is 12.3 Å². The van der Waals surface area contributed by atoms with E-state index in [1.807, 2.05) is 4.90 Å². The van der Waals surface area contributed by atoms with Crippen molar-refractivity contribution in [2.24, 2.45) is 0 Å². The summed E-state index contributed by atoms with van der Waals surface area (Å²) in [5, 5.41) is 0. The fraction of sp³-hybridized carbons (Fsp3) is 0.583. The van der Waals surface area contributed by atoms with Gasteiger partial charge in [-0.05, 0) is 39.7 Å². The Morgan fingerprint density at radius 1 is 1.14 bits per heavy atom. The average Bonchev–Trinajstić information content (AvgIpc) is 2.83. The Balaban J connectivity index is 1.65. The van der Waals surface area contributed by atoms with E-state index in [0.29, 0.717) is 45.7 Å². The van der Waals surface area contributed by atoms with E-state index in [-0.39, 0.29) is 35.4 Å².